The number of nitrogens with one attached hydrogen (secondary N) is 2. The summed E-state index contributed by atoms with van der Waals surface area (Å²) in [4.78, 5) is 20.2. The van der Waals surface area contributed by atoms with Gasteiger partial charge in [0.2, 0.25) is 0 Å². The highest BCUT2D eigenvalue weighted by Gasteiger charge is 2.10. The number of hydrogen-bond donors (Lipinski definition) is 2. The summed E-state index contributed by atoms with van der Waals surface area (Å²) in [5.74, 6) is 0.463. The fourth-order valence-corrected chi connectivity index (χ4v) is 1.72. The summed E-state index contributed by atoms with van der Waals surface area (Å²) in [6, 6.07) is 10.2. The van der Waals surface area contributed by atoms with Crippen molar-refractivity contribution in [2.75, 3.05) is 5.32 Å². The van der Waals surface area contributed by atoms with E-state index in [0.717, 1.165) is 12.0 Å². The van der Waals surface area contributed by atoms with Crippen molar-refractivity contribution in [2.24, 2.45) is 0 Å². The van der Waals surface area contributed by atoms with Gasteiger partial charge < -0.3 is 10.6 Å². The van der Waals surface area contributed by atoms with Crippen molar-refractivity contribution in [3.05, 3.63) is 54.0 Å². The normalized spacial score (nSPS) is 11.7. The summed E-state index contributed by atoms with van der Waals surface area (Å²) < 4.78 is 0. The molecule has 5 nitrogen and oxygen atoms in total. The predicted molar refractivity (Wildman–Crippen MR) is 83.0 cm³/mol. The minimum Gasteiger partial charge on any atom is -0.365 e. The topological polar surface area (TPSA) is 66.9 Å². The standard InChI is InChI=1S/C16H20N4O/c1-3-12(2)20-16(21)14-10-19-15(11-17-14)18-9-13-7-5-4-6-8-13/h4-8,10-12H,3,9H2,1-2H3,(H,18,19)(H,20,21). The molecule has 2 rings (SSSR count). The second-order valence-electron chi connectivity index (χ2n) is 4.91. The minimum atomic E-state index is -0.188. The molecule has 0 bridgehead atoms. The van der Waals surface area contributed by atoms with Crippen LogP contribution in [0.5, 0.6) is 0 Å². The SMILES string of the molecule is CCC(C)NC(=O)c1cnc(NCc2ccccc2)cn1. The lowest BCUT2D eigenvalue weighted by atomic mass is 10.2. The molecule has 21 heavy (non-hydrogen) atoms. The fraction of sp³-hybridized carbons (Fsp3) is 0.312. The maximum absolute atomic E-state index is 11.9. The predicted octanol–water partition coefficient (Wildman–Crippen LogP) is 2.62. The van der Waals surface area contributed by atoms with Gasteiger partial charge in [-0.25, -0.2) is 9.97 Å². The highest BCUT2D eigenvalue weighted by Crippen LogP contribution is 2.05. The quantitative estimate of drug-likeness (QED) is 0.855. The number of anilines is 1. The third-order valence-corrected chi connectivity index (χ3v) is 3.19. The molecule has 2 N–H and O–H groups in total. The zero-order chi connectivity index (χ0) is 15.1. The molecule has 1 atom stereocenters. The number of carbonyl (C=O) groups is 1. The third kappa shape index (κ3) is 4.56. The molecule has 1 unspecified atom stereocenters. The summed E-state index contributed by atoms with van der Waals surface area (Å²) in [6.45, 7) is 4.66. The molecule has 0 saturated carbocycles. The molecule has 0 aliphatic carbocycles. The molecule has 0 spiro atoms. The van der Waals surface area contributed by atoms with Gasteiger partial charge >= 0.3 is 0 Å². The summed E-state index contributed by atoms with van der Waals surface area (Å²) in [6.07, 6.45) is 3.95. The number of carbonyl (C=O) groups excluding carboxylic acids is 1. The molecule has 1 aromatic carbocycles. The van der Waals surface area contributed by atoms with Crippen LogP contribution < -0.4 is 10.6 Å². The van der Waals surface area contributed by atoms with E-state index in [0.29, 0.717) is 18.1 Å². The van der Waals surface area contributed by atoms with Crippen molar-refractivity contribution in [3.63, 3.8) is 0 Å². The van der Waals surface area contributed by atoms with Gasteiger partial charge in [0.1, 0.15) is 11.5 Å². The van der Waals surface area contributed by atoms with Gasteiger partial charge in [-0.3, -0.25) is 4.79 Å². The molecule has 5 heteroatoms. The van der Waals surface area contributed by atoms with Crippen LogP contribution in [0.1, 0.15) is 36.3 Å². The van der Waals surface area contributed by atoms with Crippen molar-refractivity contribution < 1.29 is 4.79 Å². The van der Waals surface area contributed by atoms with Crippen molar-refractivity contribution >= 4 is 11.7 Å². The zero-order valence-corrected chi connectivity index (χ0v) is 12.3. The molecular formula is C16H20N4O. The van der Waals surface area contributed by atoms with Crippen LogP contribution in [0.2, 0.25) is 0 Å². The first-order valence-electron chi connectivity index (χ1n) is 7.09. The van der Waals surface area contributed by atoms with E-state index in [1.165, 1.54) is 6.20 Å². The van der Waals surface area contributed by atoms with Crippen molar-refractivity contribution in [2.45, 2.75) is 32.9 Å². The Balaban J connectivity index is 1.91. The van der Waals surface area contributed by atoms with Crippen molar-refractivity contribution in [3.8, 4) is 0 Å². The molecule has 0 aliphatic rings. The third-order valence-electron chi connectivity index (χ3n) is 3.19. The lowest BCUT2D eigenvalue weighted by molar-refractivity contribution is 0.0934. The Morgan fingerprint density at radius 2 is 1.95 bits per heavy atom. The number of hydrogen-bond acceptors (Lipinski definition) is 4. The van der Waals surface area contributed by atoms with Gasteiger partial charge in [-0.2, -0.15) is 0 Å². The number of benzene rings is 1. The van der Waals surface area contributed by atoms with E-state index >= 15 is 0 Å². The summed E-state index contributed by atoms with van der Waals surface area (Å²) in [5, 5.41) is 6.04. The van der Waals surface area contributed by atoms with Gasteiger partial charge in [0.15, 0.2) is 0 Å². The van der Waals surface area contributed by atoms with E-state index < -0.39 is 0 Å². The minimum absolute atomic E-state index is 0.134. The van der Waals surface area contributed by atoms with Crippen LogP contribution in [0.3, 0.4) is 0 Å². The van der Waals surface area contributed by atoms with Gasteiger partial charge in [-0.15, -0.1) is 0 Å². The van der Waals surface area contributed by atoms with Gasteiger partial charge in [0.25, 0.3) is 5.91 Å². The molecule has 110 valence electrons. The molecule has 1 aromatic heterocycles. The highest BCUT2D eigenvalue weighted by atomic mass is 16.1. The number of nitrogens with zero attached hydrogens (tertiary/aromatic N) is 2. The lowest BCUT2D eigenvalue weighted by Gasteiger charge is -2.11. The van der Waals surface area contributed by atoms with Crippen LogP contribution >= 0.6 is 0 Å². The van der Waals surface area contributed by atoms with E-state index in [-0.39, 0.29) is 11.9 Å². The van der Waals surface area contributed by atoms with Gasteiger partial charge in [0, 0.05) is 12.6 Å². The van der Waals surface area contributed by atoms with Crippen LogP contribution in [0.25, 0.3) is 0 Å². The van der Waals surface area contributed by atoms with Gasteiger partial charge in [0.05, 0.1) is 12.4 Å². The summed E-state index contributed by atoms with van der Waals surface area (Å²) in [7, 11) is 0. The Bertz CT molecular complexity index is 569. The van der Waals surface area contributed by atoms with Crippen molar-refractivity contribution in [1.82, 2.24) is 15.3 Å². The smallest absolute Gasteiger partial charge is 0.271 e. The average molecular weight is 284 g/mol. The molecule has 0 fully saturated rings. The van der Waals surface area contributed by atoms with Gasteiger partial charge in [-0.1, -0.05) is 37.3 Å². The first-order valence-corrected chi connectivity index (χ1v) is 7.09. The summed E-state index contributed by atoms with van der Waals surface area (Å²) in [5.41, 5.74) is 1.50. The molecular weight excluding hydrogens is 264 g/mol. The lowest BCUT2D eigenvalue weighted by Crippen LogP contribution is -2.32. The average Bonchev–Trinajstić information content (AvgIpc) is 2.54. The van der Waals surface area contributed by atoms with Crippen LogP contribution in [0, 0.1) is 0 Å². The Morgan fingerprint density at radius 3 is 2.57 bits per heavy atom. The first kappa shape index (κ1) is 15.0. The van der Waals surface area contributed by atoms with Gasteiger partial charge in [-0.05, 0) is 18.9 Å². The van der Waals surface area contributed by atoms with Crippen LogP contribution in [-0.2, 0) is 6.54 Å². The van der Waals surface area contributed by atoms with E-state index in [4.69, 9.17) is 0 Å². The Kier molecular flexibility index (Phi) is 5.26. The van der Waals surface area contributed by atoms with E-state index in [1.54, 1.807) is 6.20 Å². The Hall–Kier alpha value is -2.43. The largest absolute Gasteiger partial charge is 0.365 e. The number of amides is 1. The number of rotatable bonds is 6. The molecule has 0 aliphatic heterocycles. The number of aromatic nitrogens is 2. The van der Waals surface area contributed by atoms with Crippen LogP contribution in [0.4, 0.5) is 5.82 Å². The van der Waals surface area contributed by atoms with E-state index in [1.807, 2.05) is 44.2 Å². The maximum Gasteiger partial charge on any atom is 0.271 e. The van der Waals surface area contributed by atoms with Crippen molar-refractivity contribution in [1.29, 1.82) is 0 Å². The molecule has 1 amide bonds. The molecule has 0 saturated heterocycles. The zero-order valence-electron chi connectivity index (χ0n) is 12.3. The summed E-state index contributed by atoms with van der Waals surface area (Å²) >= 11 is 0. The highest BCUT2D eigenvalue weighted by molar-refractivity contribution is 5.92. The van der Waals surface area contributed by atoms with E-state index in [9.17, 15) is 4.79 Å². The molecule has 2 aromatic rings. The van der Waals surface area contributed by atoms with Crippen LogP contribution in [0.15, 0.2) is 42.7 Å². The maximum atomic E-state index is 11.9. The second-order valence-corrected chi connectivity index (χ2v) is 4.91. The first-order chi connectivity index (χ1) is 10.2. The monoisotopic (exact) mass is 284 g/mol. The molecule has 0 radical (unpaired) electrons. The second kappa shape index (κ2) is 7.38. The Morgan fingerprint density at radius 1 is 1.19 bits per heavy atom. The Labute approximate surface area is 124 Å². The van der Waals surface area contributed by atoms with E-state index in [2.05, 4.69) is 20.6 Å². The fourth-order valence-electron chi connectivity index (χ4n) is 1.72. The van der Waals surface area contributed by atoms with Crippen LogP contribution in [-0.4, -0.2) is 21.9 Å². The molecule has 1 heterocycles.